The van der Waals surface area contributed by atoms with Crippen molar-refractivity contribution >= 4 is 17.3 Å². The van der Waals surface area contributed by atoms with Gasteiger partial charge in [-0.05, 0) is 25.5 Å². The van der Waals surface area contributed by atoms with Crippen molar-refractivity contribution in [1.82, 2.24) is 0 Å². The van der Waals surface area contributed by atoms with E-state index >= 15 is 0 Å². The van der Waals surface area contributed by atoms with Crippen LogP contribution in [0.5, 0.6) is 0 Å². The molecule has 0 radical (unpaired) electrons. The molecule has 0 amide bonds. The zero-order chi connectivity index (χ0) is 14.9. The van der Waals surface area contributed by atoms with Crippen LogP contribution in [0.3, 0.4) is 0 Å². The molecular formula is C13H13N3O4. The van der Waals surface area contributed by atoms with E-state index in [4.69, 9.17) is 10.4 Å². The number of nitrogens with zero attached hydrogens (tertiary/aromatic N) is 3. The summed E-state index contributed by atoms with van der Waals surface area (Å²) in [6.45, 7) is 2.19. The van der Waals surface area contributed by atoms with E-state index in [0.717, 1.165) is 0 Å². The van der Waals surface area contributed by atoms with E-state index in [1.807, 2.05) is 6.07 Å². The number of carboxylic acids is 1. The summed E-state index contributed by atoms with van der Waals surface area (Å²) in [5, 5.41) is 29.0. The number of hydrogen-bond acceptors (Lipinski definition) is 5. The van der Waals surface area contributed by atoms with Crippen molar-refractivity contribution in [2.45, 2.75) is 19.4 Å². The van der Waals surface area contributed by atoms with Gasteiger partial charge in [-0.2, -0.15) is 5.26 Å². The van der Waals surface area contributed by atoms with E-state index in [-0.39, 0.29) is 17.3 Å². The third-order valence-corrected chi connectivity index (χ3v) is 3.68. The maximum Gasteiger partial charge on any atom is 0.308 e. The Kier molecular flexibility index (Phi) is 3.57. The predicted molar refractivity (Wildman–Crippen MR) is 70.4 cm³/mol. The van der Waals surface area contributed by atoms with Crippen LogP contribution < -0.4 is 4.90 Å². The lowest BCUT2D eigenvalue weighted by Gasteiger charge is -2.25. The summed E-state index contributed by atoms with van der Waals surface area (Å²) in [4.78, 5) is 23.4. The second-order valence-electron chi connectivity index (χ2n) is 4.74. The van der Waals surface area contributed by atoms with Crippen molar-refractivity contribution in [3.8, 4) is 6.07 Å². The van der Waals surface area contributed by atoms with Crippen molar-refractivity contribution in [1.29, 1.82) is 5.26 Å². The Morgan fingerprint density at radius 2 is 2.30 bits per heavy atom. The van der Waals surface area contributed by atoms with Crippen LogP contribution in [0.25, 0.3) is 0 Å². The van der Waals surface area contributed by atoms with Gasteiger partial charge in [-0.1, -0.05) is 0 Å². The van der Waals surface area contributed by atoms with Crippen molar-refractivity contribution in [2.24, 2.45) is 5.92 Å². The number of benzene rings is 1. The second-order valence-corrected chi connectivity index (χ2v) is 4.74. The molecule has 1 aliphatic rings. The molecule has 1 aromatic rings. The molecule has 1 aliphatic heterocycles. The zero-order valence-electron chi connectivity index (χ0n) is 10.8. The van der Waals surface area contributed by atoms with Gasteiger partial charge in [-0.15, -0.1) is 0 Å². The van der Waals surface area contributed by atoms with Gasteiger partial charge in [0, 0.05) is 18.7 Å². The van der Waals surface area contributed by atoms with Crippen LogP contribution in [0.2, 0.25) is 0 Å². The highest BCUT2D eigenvalue weighted by Gasteiger charge is 2.38. The fourth-order valence-corrected chi connectivity index (χ4v) is 2.59. The molecule has 1 N–H and O–H groups in total. The molecule has 20 heavy (non-hydrogen) atoms. The fraction of sp³-hybridized carbons (Fsp3) is 0.385. The zero-order valence-corrected chi connectivity index (χ0v) is 10.8. The lowest BCUT2D eigenvalue weighted by Crippen LogP contribution is -2.33. The summed E-state index contributed by atoms with van der Waals surface area (Å²) in [5.74, 6) is -1.43. The van der Waals surface area contributed by atoms with Crippen LogP contribution in [0.4, 0.5) is 11.4 Å². The molecule has 7 heteroatoms. The highest BCUT2D eigenvalue weighted by molar-refractivity contribution is 5.74. The summed E-state index contributed by atoms with van der Waals surface area (Å²) in [7, 11) is 0. The van der Waals surface area contributed by atoms with Crippen molar-refractivity contribution in [3.63, 3.8) is 0 Å². The largest absolute Gasteiger partial charge is 0.481 e. The quantitative estimate of drug-likeness (QED) is 0.665. The highest BCUT2D eigenvalue weighted by atomic mass is 16.6. The number of aliphatic carboxylic acids is 1. The van der Waals surface area contributed by atoms with E-state index in [2.05, 4.69) is 0 Å². The van der Waals surface area contributed by atoms with Gasteiger partial charge in [0.25, 0.3) is 5.69 Å². The standard InChI is InChI=1S/C13H13N3O4/c1-8-10(13(17)18)4-5-15(8)11-3-2-9(7-14)6-12(11)16(19)20/h2-3,6,8,10H,4-5H2,1H3,(H,17,18). The third-order valence-electron chi connectivity index (χ3n) is 3.68. The molecule has 2 unspecified atom stereocenters. The molecule has 1 fully saturated rings. The van der Waals surface area contributed by atoms with E-state index < -0.39 is 16.8 Å². The van der Waals surface area contributed by atoms with Gasteiger partial charge in [0.2, 0.25) is 0 Å². The fourth-order valence-electron chi connectivity index (χ4n) is 2.59. The maximum atomic E-state index is 11.1. The van der Waals surface area contributed by atoms with Gasteiger partial charge < -0.3 is 10.0 Å². The molecule has 0 spiro atoms. The molecule has 1 aromatic carbocycles. The monoisotopic (exact) mass is 275 g/mol. The first kappa shape index (κ1) is 13.8. The van der Waals surface area contributed by atoms with Crippen LogP contribution in [-0.4, -0.2) is 28.6 Å². The lowest BCUT2D eigenvalue weighted by molar-refractivity contribution is -0.384. The van der Waals surface area contributed by atoms with Gasteiger partial charge >= 0.3 is 5.97 Å². The SMILES string of the molecule is CC1C(C(=O)O)CCN1c1ccc(C#N)cc1[N+](=O)[O-]. The minimum absolute atomic E-state index is 0.165. The number of nitro groups is 1. The van der Waals surface area contributed by atoms with Gasteiger partial charge in [0.1, 0.15) is 5.69 Å². The van der Waals surface area contributed by atoms with Crippen molar-refractivity contribution in [2.75, 3.05) is 11.4 Å². The van der Waals surface area contributed by atoms with Gasteiger partial charge in [-0.3, -0.25) is 14.9 Å². The normalized spacial score (nSPS) is 21.5. The number of anilines is 1. The van der Waals surface area contributed by atoms with Crippen LogP contribution in [0.15, 0.2) is 18.2 Å². The maximum absolute atomic E-state index is 11.1. The summed E-state index contributed by atoms with van der Waals surface area (Å²) in [5.41, 5.74) is 0.411. The topological polar surface area (TPSA) is 107 Å². The van der Waals surface area contributed by atoms with Gasteiger partial charge in [0.15, 0.2) is 0 Å². The number of rotatable bonds is 3. The number of carbonyl (C=O) groups is 1. The lowest BCUT2D eigenvalue weighted by atomic mass is 10.0. The Morgan fingerprint density at radius 1 is 1.60 bits per heavy atom. The molecule has 2 rings (SSSR count). The van der Waals surface area contributed by atoms with Crippen LogP contribution in [-0.2, 0) is 4.79 Å². The minimum Gasteiger partial charge on any atom is -0.481 e. The van der Waals surface area contributed by atoms with E-state index in [9.17, 15) is 14.9 Å². The smallest absolute Gasteiger partial charge is 0.308 e. The highest BCUT2D eigenvalue weighted by Crippen LogP contribution is 2.36. The minimum atomic E-state index is -0.892. The van der Waals surface area contributed by atoms with Crippen LogP contribution in [0, 0.1) is 27.4 Å². The summed E-state index contributed by atoms with van der Waals surface area (Å²) >= 11 is 0. The Bertz CT molecular complexity index is 608. The van der Waals surface area contributed by atoms with Crippen molar-refractivity contribution < 1.29 is 14.8 Å². The Labute approximate surface area is 115 Å². The summed E-state index contributed by atoms with van der Waals surface area (Å²) in [6.07, 6.45) is 0.452. The molecule has 104 valence electrons. The molecule has 0 aromatic heterocycles. The molecule has 1 saturated heterocycles. The van der Waals surface area contributed by atoms with Gasteiger partial charge in [0.05, 0.1) is 22.5 Å². The molecule has 1 heterocycles. The average Bonchev–Trinajstić information content (AvgIpc) is 2.79. The Hall–Kier alpha value is -2.62. The number of nitro benzene ring substituents is 1. The van der Waals surface area contributed by atoms with Crippen molar-refractivity contribution in [3.05, 3.63) is 33.9 Å². The van der Waals surface area contributed by atoms with Gasteiger partial charge in [-0.25, -0.2) is 0 Å². The summed E-state index contributed by atoms with van der Waals surface area (Å²) in [6, 6.07) is 5.77. The molecule has 2 atom stereocenters. The predicted octanol–water partition coefficient (Wildman–Crippen LogP) is 1.77. The first-order valence-electron chi connectivity index (χ1n) is 6.13. The Morgan fingerprint density at radius 3 is 2.80 bits per heavy atom. The van der Waals surface area contributed by atoms with E-state index in [1.54, 1.807) is 11.8 Å². The first-order chi connectivity index (χ1) is 9.45. The second kappa shape index (κ2) is 5.17. The van der Waals surface area contributed by atoms with Crippen LogP contribution in [0.1, 0.15) is 18.9 Å². The van der Waals surface area contributed by atoms with Crippen LogP contribution >= 0.6 is 0 Å². The number of carboxylic acid groups (broad SMARTS) is 1. The molecule has 7 nitrogen and oxygen atoms in total. The van der Waals surface area contributed by atoms with E-state index in [1.165, 1.54) is 18.2 Å². The first-order valence-corrected chi connectivity index (χ1v) is 6.13. The molecule has 0 aliphatic carbocycles. The third kappa shape index (κ3) is 2.28. The molecule has 0 bridgehead atoms. The molecule has 0 saturated carbocycles. The van der Waals surface area contributed by atoms with E-state index in [0.29, 0.717) is 18.7 Å². The number of hydrogen-bond donors (Lipinski definition) is 1. The number of nitriles is 1. The Balaban J connectivity index is 2.41. The average molecular weight is 275 g/mol. The molecular weight excluding hydrogens is 262 g/mol. The summed E-state index contributed by atoms with van der Waals surface area (Å²) < 4.78 is 0.